The third-order valence-electron chi connectivity index (χ3n) is 3.12. The van der Waals surface area contributed by atoms with Crippen LogP contribution in [-0.2, 0) is 0 Å². The monoisotopic (exact) mass is 258 g/mol. The molecule has 1 aromatic carbocycles. The fourth-order valence-electron chi connectivity index (χ4n) is 2.05. The van der Waals surface area contributed by atoms with Crippen LogP contribution in [0, 0.1) is 6.92 Å². The van der Waals surface area contributed by atoms with Crippen LogP contribution in [0.4, 0.5) is 0 Å². The van der Waals surface area contributed by atoms with E-state index in [2.05, 4.69) is 4.98 Å². The Labute approximate surface area is 113 Å². The van der Waals surface area contributed by atoms with Gasteiger partial charge in [-0.3, -0.25) is 4.98 Å². The highest BCUT2D eigenvalue weighted by Gasteiger charge is 2.17. The van der Waals surface area contributed by atoms with Gasteiger partial charge in [-0.05, 0) is 36.8 Å². The molecule has 0 spiro atoms. The summed E-state index contributed by atoms with van der Waals surface area (Å²) in [6.45, 7) is 1.99. The van der Waals surface area contributed by atoms with Crippen LogP contribution in [0.15, 0.2) is 36.5 Å². The van der Waals surface area contributed by atoms with E-state index in [1.807, 2.05) is 37.3 Å². The average Bonchev–Trinajstić information content (AvgIpc) is 2.46. The highest BCUT2D eigenvalue weighted by Crippen LogP contribution is 2.31. The predicted octanol–water partition coefficient (Wildman–Crippen LogP) is 2.46. The second-order valence-corrected chi connectivity index (χ2v) is 4.29. The van der Waals surface area contributed by atoms with E-state index in [1.54, 1.807) is 20.4 Å². The summed E-state index contributed by atoms with van der Waals surface area (Å²) in [5, 5.41) is 0. The minimum Gasteiger partial charge on any atom is -0.497 e. The lowest BCUT2D eigenvalue weighted by Gasteiger charge is -2.17. The van der Waals surface area contributed by atoms with E-state index in [0.717, 1.165) is 28.3 Å². The van der Waals surface area contributed by atoms with Crippen molar-refractivity contribution in [3.63, 3.8) is 0 Å². The molecule has 0 bridgehead atoms. The number of rotatable bonds is 4. The Balaban J connectivity index is 2.48. The predicted molar refractivity (Wildman–Crippen MR) is 74.6 cm³/mol. The van der Waals surface area contributed by atoms with Gasteiger partial charge in [0.1, 0.15) is 11.5 Å². The van der Waals surface area contributed by atoms with E-state index < -0.39 is 0 Å². The number of methoxy groups -OCH3 is 2. The summed E-state index contributed by atoms with van der Waals surface area (Å²) < 4.78 is 10.6. The highest BCUT2D eigenvalue weighted by atomic mass is 16.5. The van der Waals surface area contributed by atoms with Gasteiger partial charge in [-0.2, -0.15) is 0 Å². The number of ether oxygens (including phenoxy) is 2. The summed E-state index contributed by atoms with van der Waals surface area (Å²) in [4.78, 5) is 4.36. The van der Waals surface area contributed by atoms with Crippen molar-refractivity contribution in [1.82, 2.24) is 4.98 Å². The molecule has 100 valence electrons. The largest absolute Gasteiger partial charge is 0.497 e. The normalized spacial score (nSPS) is 12.0. The van der Waals surface area contributed by atoms with Gasteiger partial charge in [-0.15, -0.1) is 0 Å². The van der Waals surface area contributed by atoms with E-state index in [4.69, 9.17) is 15.2 Å². The van der Waals surface area contributed by atoms with Crippen LogP contribution < -0.4 is 15.2 Å². The molecule has 1 unspecified atom stereocenters. The minimum atomic E-state index is -0.341. The number of benzene rings is 1. The summed E-state index contributed by atoms with van der Waals surface area (Å²) >= 11 is 0. The molecule has 0 aliphatic rings. The smallest absolute Gasteiger partial charge is 0.124 e. The van der Waals surface area contributed by atoms with Crippen molar-refractivity contribution in [3.8, 4) is 11.5 Å². The van der Waals surface area contributed by atoms with E-state index in [1.165, 1.54) is 0 Å². The van der Waals surface area contributed by atoms with Crippen LogP contribution in [-0.4, -0.2) is 19.2 Å². The fourth-order valence-corrected chi connectivity index (χ4v) is 2.05. The Bertz CT molecular complexity index is 570. The quantitative estimate of drug-likeness (QED) is 0.915. The summed E-state index contributed by atoms with van der Waals surface area (Å²) in [5.74, 6) is 1.48. The van der Waals surface area contributed by atoms with Crippen molar-refractivity contribution in [1.29, 1.82) is 0 Å². The molecule has 0 saturated heterocycles. The molecule has 0 radical (unpaired) electrons. The van der Waals surface area contributed by atoms with Gasteiger partial charge in [0.05, 0.1) is 26.0 Å². The first kappa shape index (κ1) is 13.4. The molecule has 2 N–H and O–H groups in total. The summed E-state index contributed by atoms with van der Waals surface area (Å²) in [5.41, 5.74) is 9.08. The summed E-state index contributed by atoms with van der Waals surface area (Å²) in [7, 11) is 3.26. The molecule has 0 saturated carbocycles. The van der Waals surface area contributed by atoms with Gasteiger partial charge in [0, 0.05) is 11.8 Å². The number of hydrogen-bond donors (Lipinski definition) is 1. The SMILES string of the molecule is COc1ccc(OC)c(C(N)c2ncccc2C)c1. The van der Waals surface area contributed by atoms with Gasteiger partial charge < -0.3 is 15.2 Å². The van der Waals surface area contributed by atoms with Crippen molar-refractivity contribution in [3.05, 3.63) is 53.3 Å². The molecular weight excluding hydrogens is 240 g/mol. The molecular formula is C15H18N2O2. The first-order valence-electron chi connectivity index (χ1n) is 6.06. The maximum atomic E-state index is 6.32. The number of aromatic nitrogens is 1. The zero-order valence-electron chi connectivity index (χ0n) is 11.4. The molecule has 19 heavy (non-hydrogen) atoms. The van der Waals surface area contributed by atoms with Crippen LogP contribution in [0.5, 0.6) is 11.5 Å². The molecule has 0 fully saturated rings. The molecule has 2 rings (SSSR count). The molecule has 4 heteroatoms. The van der Waals surface area contributed by atoms with Crippen LogP contribution in [0.2, 0.25) is 0 Å². The van der Waals surface area contributed by atoms with Crippen molar-refractivity contribution < 1.29 is 9.47 Å². The maximum Gasteiger partial charge on any atom is 0.124 e. The van der Waals surface area contributed by atoms with Crippen LogP contribution >= 0.6 is 0 Å². The molecule has 1 aromatic heterocycles. The molecule has 4 nitrogen and oxygen atoms in total. The number of nitrogens with two attached hydrogens (primary N) is 1. The number of hydrogen-bond acceptors (Lipinski definition) is 4. The van der Waals surface area contributed by atoms with Crippen LogP contribution in [0.25, 0.3) is 0 Å². The van der Waals surface area contributed by atoms with Crippen LogP contribution in [0.3, 0.4) is 0 Å². The zero-order valence-corrected chi connectivity index (χ0v) is 11.4. The van der Waals surface area contributed by atoms with Gasteiger partial charge in [-0.1, -0.05) is 6.07 Å². The van der Waals surface area contributed by atoms with E-state index >= 15 is 0 Å². The second kappa shape index (κ2) is 5.71. The third-order valence-corrected chi connectivity index (χ3v) is 3.12. The van der Waals surface area contributed by atoms with Gasteiger partial charge in [0.25, 0.3) is 0 Å². The molecule has 1 heterocycles. The summed E-state index contributed by atoms with van der Waals surface area (Å²) in [6, 6.07) is 9.14. The number of pyridine rings is 1. The van der Waals surface area contributed by atoms with E-state index in [-0.39, 0.29) is 6.04 Å². The van der Waals surface area contributed by atoms with Gasteiger partial charge in [0.15, 0.2) is 0 Å². The first-order chi connectivity index (χ1) is 9.17. The van der Waals surface area contributed by atoms with E-state index in [0.29, 0.717) is 0 Å². The lowest BCUT2D eigenvalue weighted by Crippen LogP contribution is -2.16. The zero-order chi connectivity index (χ0) is 13.8. The molecule has 0 amide bonds. The number of nitrogens with zero attached hydrogens (tertiary/aromatic N) is 1. The second-order valence-electron chi connectivity index (χ2n) is 4.29. The van der Waals surface area contributed by atoms with Gasteiger partial charge in [0.2, 0.25) is 0 Å². The minimum absolute atomic E-state index is 0.341. The van der Waals surface area contributed by atoms with E-state index in [9.17, 15) is 0 Å². The standard InChI is InChI=1S/C15H18N2O2/c1-10-5-4-8-17-15(10)14(16)12-9-11(18-2)6-7-13(12)19-3/h4-9,14H,16H2,1-3H3. The Kier molecular flexibility index (Phi) is 4.02. The Morgan fingerprint density at radius 1 is 1.16 bits per heavy atom. The summed E-state index contributed by atoms with van der Waals surface area (Å²) in [6.07, 6.45) is 1.74. The first-order valence-corrected chi connectivity index (χ1v) is 6.06. The molecule has 2 aromatic rings. The lowest BCUT2D eigenvalue weighted by atomic mass is 9.99. The fraction of sp³-hybridized carbons (Fsp3) is 0.267. The highest BCUT2D eigenvalue weighted by molar-refractivity contribution is 5.45. The topological polar surface area (TPSA) is 57.4 Å². The molecule has 0 aliphatic carbocycles. The van der Waals surface area contributed by atoms with Crippen molar-refractivity contribution >= 4 is 0 Å². The Hall–Kier alpha value is -2.07. The molecule has 0 aliphatic heterocycles. The Morgan fingerprint density at radius 3 is 2.58 bits per heavy atom. The Morgan fingerprint density at radius 2 is 1.95 bits per heavy atom. The lowest BCUT2D eigenvalue weighted by molar-refractivity contribution is 0.397. The van der Waals surface area contributed by atoms with Crippen LogP contribution in [0.1, 0.15) is 22.9 Å². The van der Waals surface area contributed by atoms with Gasteiger partial charge in [-0.25, -0.2) is 0 Å². The van der Waals surface area contributed by atoms with Crippen molar-refractivity contribution in [2.45, 2.75) is 13.0 Å². The van der Waals surface area contributed by atoms with Crippen molar-refractivity contribution in [2.75, 3.05) is 14.2 Å². The van der Waals surface area contributed by atoms with Gasteiger partial charge >= 0.3 is 0 Å². The maximum absolute atomic E-state index is 6.32. The molecule has 1 atom stereocenters. The third kappa shape index (κ3) is 2.69. The number of aryl methyl sites for hydroxylation is 1. The average molecular weight is 258 g/mol. The van der Waals surface area contributed by atoms with Crippen molar-refractivity contribution in [2.24, 2.45) is 5.73 Å².